The predicted octanol–water partition coefficient (Wildman–Crippen LogP) is 2.49. The normalized spacial score (nSPS) is 10.4. The Kier molecular flexibility index (Phi) is 6.51. The first-order valence-electron chi connectivity index (χ1n) is 9.00. The van der Waals surface area contributed by atoms with E-state index in [1.165, 1.54) is 7.11 Å². The molecule has 3 heterocycles. The number of pyridine rings is 3. The number of carbonyl (C=O) groups excluding carboxylic acids is 1. The van der Waals surface area contributed by atoms with Crippen LogP contribution in [0.5, 0.6) is 5.88 Å². The fraction of sp³-hybridized carbons (Fsp3) is 0.238. The van der Waals surface area contributed by atoms with E-state index in [2.05, 4.69) is 25.2 Å². The molecule has 3 aromatic heterocycles. The largest absolute Gasteiger partial charge is 0.481 e. The number of hydrogen-bond donors (Lipinski definition) is 1. The molecule has 1 N–H and O–H groups in total. The minimum absolute atomic E-state index is 0.188. The van der Waals surface area contributed by atoms with Crippen LogP contribution < -0.4 is 15.0 Å². The molecule has 1 amide bonds. The van der Waals surface area contributed by atoms with Crippen LogP contribution in [0, 0.1) is 0 Å². The summed E-state index contributed by atoms with van der Waals surface area (Å²) in [5.41, 5.74) is 2.48. The average Bonchev–Trinajstić information content (AvgIpc) is 2.76. The summed E-state index contributed by atoms with van der Waals surface area (Å²) in [6.07, 6.45) is 5.92. The van der Waals surface area contributed by atoms with Crippen LogP contribution in [-0.4, -0.2) is 41.6 Å². The van der Waals surface area contributed by atoms with E-state index in [1.54, 1.807) is 30.7 Å². The Labute approximate surface area is 164 Å². The summed E-state index contributed by atoms with van der Waals surface area (Å²) in [7, 11) is 3.51. The van der Waals surface area contributed by atoms with E-state index < -0.39 is 0 Å². The Hall–Kier alpha value is -3.48. The Morgan fingerprint density at radius 2 is 1.93 bits per heavy atom. The highest BCUT2D eigenvalue weighted by atomic mass is 16.5. The second kappa shape index (κ2) is 9.45. The van der Waals surface area contributed by atoms with Crippen LogP contribution in [0.15, 0.2) is 61.1 Å². The molecule has 0 aromatic carbocycles. The third kappa shape index (κ3) is 5.03. The highest BCUT2D eigenvalue weighted by molar-refractivity contribution is 5.94. The first-order chi connectivity index (χ1) is 13.7. The molecule has 7 nitrogen and oxygen atoms in total. The van der Waals surface area contributed by atoms with Gasteiger partial charge in [-0.15, -0.1) is 0 Å². The van der Waals surface area contributed by atoms with Crippen LogP contribution in [0.25, 0.3) is 0 Å². The summed E-state index contributed by atoms with van der Waals surface area (Å²) < 4.78 is 5.07. The van der Waals surface area contributed by atoms with Gasteiger partial charge in [-0.05, 0) is 24.3 Å². The highest BCUT2D eigenvalue weighted by Gasteiger charge is 2.12. The molecule has 0 bridgehead atoms. The summed E-state index contributed by atoms with van der Waals surface area (Å²) in [4.78, 5) is 27.4. The number of amides is 1. The smallest absolute Gasteiger partial charge is 0.251 e. The molecule has 0 aliphatic carbocycles. The fourth-order valence-electron chi connectivity index (χ4n) is 2.79. The second-order valence-corrected chi connectivity index (χ2v) is 6.25. The summed E-state index contributed by atoms with van der Waals surface area (Å²) in [5.74, 6) is 1.06. The van der Waals surface area contributed by atoms with Gasteiger partial charge in [-0.3, -0.25) is 9.78 Å². The number of ether oxygens (including phenoxy) is 1. The number of carbonyl (C=O) groups is 1. The molecule has 0 spiro atoms. The molecule has 0 fully saturated rings. The van der Waals surface area contributed by atoms with E-state index in [1.807, 2.05) is 37.4 Å². The minimum Gasteiger partial charge on any atom is -0.481 e. The van der Waals surface area contributed by atoms with Crippen molar-refractivity contribution in [2.75, 3.05) is 25.6 Å². The number of anilines is 1. The quantitative estimate of drug-likeness (QED) is 0.650. The van der Waals surface area contributed by atoms with Gasteiger partial charge in [-0.2, -0.15) is 0 Å². The molecule has 0 unspecified atom stereocenters. The number of nitrogens with one attached hydrogen (secondary N) is 1. The number of likely N-dealkylation sites (N-methyl/N-ethyl adjacent to an activating group) is 1. The molecular weight excluding hydrogens is 354 g/mol. The van der Waals surface area contributed by atoms with Crippen molar-refractivity contribution in [3.63, 3.8) is 0 Å². The van der Waals surface area contributed by atoms with Crippen LogP contribution in [0.4, 0.5) is 5.82 Å². The number of hydrogen-bond acceptors (Lipinski definition) is 6. The van der Waals surface area contributed by atoms with Crippen LogP contribution in [-0.2, 0) is 13.0 Å². The lowest BCUT2D eigenvalue weighted by Crippen LogP contribution is -2.27. The summed E-state index contributed by atoms with van der Waals surface area (Å²) >= 11 is 0. The number of methoxy groups -OCH3 is 1. The summed E-state index contributed by atoms with van der Waals surface area (Å²) in [6, 6.07) is 13.0. The van der Waals surface area contributed by atoms with E-state index in [-0.39, 0.29) is 5.91 Å². The van der Waals surface area contributed by atoms with Crippen LogP contribution in [0.3, 0.4) is 0 Å². The van der Waals surface area contributed by atoms with Gasteiger partial charge < -0.3 is 15.0 Å². The van der Waals surface area contributed by atoms with E-state index >= 15 is 0 Å². The molecule has 0 aliphatic rings. The zero-order valence-electron chi connectivity index (χ0n) is 16.0. The van der Waals surface area contributed by atoms with Crippen molar-refractivity contribution >= 4 is 11.7 Å². The summed E-state index contributed by atoms with van der Waals surface area (Å²) in [5, 5.41) is 2.93. The molecule has 0 radical (unpaired) electrons. The molecule has 0 atom stereocenters. The Morgan fingerprint density at radius 3 is 2.71 bits per heavy atom. The van der Waals surface area contributed by atoms with Crippen molar-refractivity contribution in [2.45, 2.75) is 13.0 Å². The van der Waals surface area contributed by atoms with E-state index in [0.717, 1.165) is 30.0 Å². The van der Waals surface area contributed by atoms with Crippen molar-refractivity contribution in [2.24, 2.45) is 0 Å². The molecule has 0 saturated heterocycles. The Bertz CT molecular complexity index is 917. The molecule has 0 saturated carbocycles. The monoisotopic (exact) mass is 377 g/mol. The lowest BCUT2D eigenvalue weighted by molar-refractivity contribution is 0.0950. The van der Waals surface area contributed by atoms with Crippen molar-refractivity contribution in [3.8, 4) is 5.88 Å². The first-order valence-corrected chi connectivity index (χ1v) is 9.00. The molecule has 3 aromatic rings. The predicted molar refractivity (Wildman–Crippen MR) is 107 cm³/mol. The maximum Gasteiger partial charge on any atom is 0.251 e. The van der Waals surface area contributed by atoms with Gasteiger partial charge in [0.1, 0.15) is 5.82 Å². The van der Waals surface area contributed by atoms with Gasteiger partial charge >= 0.3 is 0 Å². The number of rotatable bonds is 8. The van der Waals surface area contributed by atoms with Gasteiger partial charge in [0.15, 0.2) is 0 Å². The number of nitrogens with zero attached hydrogens (tertiary/aromatic N) is 4. The van der Waals surface area contributed by atoms with E-state index in [0.29, 0.717) is 18.0 Å². The lowest BCUT2D eigenvalue weighted by atomic mass is 10.2. The fourth-order valence-corrected chi connectivity index (χ4v) is 2.79. The standard InChI is InChI=1S/C21H23N5O2/c1-26(13-9-18-7-3-4-10-22-18)20-17(6-5-11-24-20)15-25-21(27)16-8-12-23-19(14-16)28-2/h3-8,10-12,14H,9,13,15H2,1-2H3,(H,25,27). The van der Waals surface area contributed by atoms with E-state index in [4.69, 9.17) is 4.74 Å². The lowest BCUT2D eigenvalue weighted by Gasteiger charge is -2.21. The van der Waals surface area contributed by atoms with Crippen LogP contribution in [0.1, 0.15) is 21.6 Å². The summed E-state index contributed by atoms with van der Waals surface area (Å²) in [6.45, 7) is 1.15. The molecule has 0 aliphatic heterocycles. The van der Waals surface area contributed by atoms with Crippen molar-refractivity contribution in [1.29, 1.82) is 0 Å². The Morgan fingerprint density at radius 1 is 1.07 bits per heavy atom. The van der Waals surface area contributed by atoms with Crippen molar-refractivity contribution in [1.82, 2.24) is 20.3 Å². The maximum atomic E-state index is 12.4. The maximum absolute atomic E-state index is 12.4. The van der Waals surface area contributed by atoms with E-state index in [9.17, 15) is 4.79 Å². The van der Waals surface area contributed by atoms with Gasteiger partial charge in [0.2, 0.25) is 5.88 Å². The van der Waals surface area contributed by atoms with Gasteiger partial charge in [0, 0.05) is 68.0 Å². The highest BCUT2D eigenvalue weighted by Crippen LogP contribution is 2.16. The molecule has 7 heteroatoms. The second-order valence-electron chi connectivity index (χ2n) is 6.25. The van der Waals surface area contributed by atoms with Crippen molar-refractivity contribution in [3.05, 3.63) is 77.9 Å². The molecule has 144 valence electrons. The molecule has 3 rings (SSSR count). The molecular formula is C21H23N5O2. The topological polar surface area (TPSA) is 80.2 Å². The minimum atomic E-state index is -0.188. The zero-order chi connectivity index (χ0) is 19.8. The van der Waals surface area contributed by atoms with Gasteiger partial charge in [-0.1, -0.05) is 12.1 Å². The molecule has 28 heavy (non-hydrogen) atoms. The van der Waals surface area contributed by atoms with Gasteiger partial charge in [-0.25, -0.2) is 9.97 Å². The zero-order valence-corrected chi connectivity index (χ0v) is 16.0. The van der Waals surface area contributed by atoms with Crippen LogP contribution >= 0.6 is 0 Å². The number of aromatic nitrogens is 3. The van der Waals surface area contributed by atoms with Crippen molar-refractivity contribution < 1.29 is 9.53 Å². The third-order valence-electron chi connectivity index (χ3n) is 4.30. The Balaban J connectivity index is 1.63. The first kappa shape index (κ1) is 19.3. The van der Waals surface area contributed by atoms with Gasteiger partial charge in [0.25, 0.3) is 5.91 Å². The third-order valence-corrected chi connectivity index (χ3v) is 4.30. The average molecular weight is 377 g/mol. The SMILES string of the molecule is COc1cc(C(=O)NCc2cccnc2N(C)CCc2ccccn2)ccn1. The van der Waals surface area contributed by atoms with Gasteiger partial charge in [0.05, 0.1) is 7.11 Å². The van der Waals surface area contributed by atoms with Crippen LogP contribution in [0.2, 0.25) is 0 Å².